The number of hydrogen-bond acceptors (Lipinski definition) is 3. The van der Waals surface area contributed by atoms with Gasteiger partial charge < -0.3 is 15.1 Å². The lowest BCUT2D eigenvalue weighted by Gasteiger charge is -2.46. The van der Waals surface area contributed by atoms with Crippen molar-refractivity contribution in [1.82, 2.24) is 4.90 Å². The Labute approximate surface area is 107 Å². The van der Waals surface area contributed by atoms with Gasteiger partial charge in [-0.25, -0.2) is 0 Å². The van der Waals surface area contributed by atoms with E-state index in [1.165, 1.54) is 6.07 Å². The number of amides is 1. The molecule has 1 aliphatic heterocycles. The summed E-state index contributed by atoms with van der Waals surface area (Å²) in [6.07, 6.45) is 1.62. The highest BCUT2D eigenvalue weighted by molar-refractivity contribution is 5.95. The van der Waals surface area contributed by atoms with Crippen molar-refractivity contribution in [1.29, 1.82) is 0 Å². The predicted octanol–water partition coefficient (Wildman–Crippen LogP) is 1.69. The molecule has 1 fully saturated rings. The van der Waals surface area contributed by atoms with E-state index in [9.17, 15) is 15.0 Å². The van der Waals surface area contributed by atoms with Crippen molar-refractivity contribution in [2.24, 2.45) is 0 Å². The number of carbonyl (C=O) groups excluding carboxylic acids is 1. The van der Waals surface area contributed by atoms with Crippen LogP contribution in [0.4, 0.5) is 0 Å². The summed E-state index contributed by atoms with van der Waals surface area (Å²) in [5.41, 5.74) is 0.506. The van der Waals surface area contributed by atoms with Crippen LogP contribution < -0.4 is 0 Å². The van der Waals surface area contributed by atoms with Crippen molar-refractivity contribution in [2.75, 3.05) is 13.1 Å². The molecule has 0 saturated carbocycles. The zero-order valence-electron chi connectivity index (χ0n) is 10.8. The van der Waals surface area contributed by atoms with Crippen molar-refractivity contribution < 1.29 is 15.0 Å². The van der Waals surface area contributed by atoms with Crippen LogP contribution in [0, 0.1) is 6.92 Å². The first-order valence-electron chi connectivity index (χ1n) is 6.26. The summed E-state index contributed by atoms with van der Waals surface area (Å²) in [6, 6.07) is 4.91. The fourth-order valence-electron chi connectivity index (χ4n) is 2.36. The largest absolute Gasteiger partial charge is 0.508 e. The lowest BCUT2D eigenvalue weighted by molar-refractivity contribution is -0.0860. The Bertz CT molecular complexity index is 464. The number of phenolic OH excluding ortho intramolecular Hbond substituents is 1. The van der Waals surface area contributed by atoms with Crippen LogP contribution in [-0.4, -0.2) is 39.7 Å². The summed E-state index contributed by atoms with van der Waals surface area (Å²) in [7, 11) is 0. The maximum atomic E-state index is 12.1. The Balaban J connectivity index is 2.03. The molecule has 4 heteroatoms. The first-order chi connectivity index (χ1) is 8.45. The van der Waals surface area contributed by atoms with Gasteiger partial charge in [0.2, 0.25) is 0 Å². The third kappa shape index (κ3) is 2.34. The van der Waals surface area contributed by atoms with Gasteiger partial charge in [0.1, 0.15) is 5.75 Å². The number of benzene rings is 1. The molecule has 1 heterocycles. The van der Waals surface area contributed by atoms with Crippen LogP contribution in [-0.2, 0) is 0 Å². The maximum absolute atomic E-state index is 12.1. The molecule has 98 valence electrons. The Morgan fingerprint density at radius 2 is 2.11 bits per heavy atom. The quantitative estimate of drug-likeness (QED) is 0.857. The summed E-state index contributed by atoms with van der Waals surface area (Å²) in [4.78, 5) is 13.7. The smallest absolute Gasteiger partial charge is 0.254 e. The van der Waals surface area contributed by atoms with Gasteiger partial charge in [-0.1, -0.05) is 19.4 Å². The third-order valence-electron chi connectivity index (χ3n) is 3.43. The van der Waals surface area contributed by atoms with E-state index in [0.29, 0.717) is 18.7 Å². The zero-order chi connectivity index (χ0) is 13.3. The van der Waals surface area contributed by atoms with Crippen molar-refractivity contribution in [3.05, 3.63) is 29.3 Å². The normalized spacial score (nSPS) is 17.4. The van der Waals surface area contributed by atoms with Gasteiger partial charge in [0.05, 0.1) is 18.7 Å². The van der Waals surface area contributed by atoms with Crippen molar-refractivity contribution in [3.63, 3.8) is 0 Å². The standard InChI is InChI=1S/C14H19NO3/c1-3-6-14(18)8-15(9-14)13(17)11-5-4-10(2)12(16)7-11/h4-5,7,16,18H,3,6,8-9H2,1-2H3. The molecule has 0 atom stereocenters. The van der Waals surface area contributed by atoms with Gasteiger partial charge in [-0.3, -0.25) is 4.79 Å². The lowest BCUT2D eigenvalue weighted by Crippen LogP contribution is -2.63. The van der Waals surface area contributed by atoms with E-state index < -0.39 is 5.60 Å². The predicted molar refractivity (Wildman–Crippen MR) is 68.6 cm³/mol. The third-order valence-corrected chi connectivity index (χ3v) is 3.43. The Morgan fingerprint density at radius 1 is 1.44 bits per heavy atom. The van der Waals surface area contributed by atoms with Crippen molar-refractivity contribution in [2.45, 2.75) is 32.3 Å². The number of phenols is 1. The van der Waals surface area contributed by atoms with E-state index in [1.807, 2.05) is 6.92 Å². The van der Waals surface area contributed by atoms with Crippen molar-refractivity contribution in [3.8, 4) is 5.75 Å². The number of carbonyl (C=O) groups is 1. The van der Waals surface area contributed by atoms with Crippen LogP contribution in [0.25, 0.3) is 0 Å². The maximum Gasteiger partial charge on any atom is 0.254 e. The second kappa shape index (κ2) is 4.61. The van der Waals surface area contributed by atoms with Gasteiger partial charge in [0, 0.05) is 5.56 Å². The molecule has 4 nitrogen and oxygen atoms in total. The number of aryl methyl sites for hydroxylation is 1. The van der Waals surface area contributed by atoms with E-state index in [0.717, 1.165) is 18.4 Å². The summed E-state index contributed by atoms with van der Waals surface area (Å²) >= 11 is 0. The number of aliphatic hydroxyl groups is 1. The molecule has 2 N–H and O–H groups in total. The first-order valence-corrected chi connectivity index (χ1v) is 6.26. The number of aromatic hydroxyl groups is 1. The van der Waals surface area contributed by atoms with Gasteiger partial charge in [-0.2, -0.15) is 0 Å². The minimum Gasteiger partial charge on any atom is -0.508 e. The van der Waals surface area contributed by atoms with Gasteiger partial charge in [-0.15, -0.1) is 0 Å². The number of β-amino-alcohol motifs (C(OH)–C–C–N with tert-alkyl or cyclic N) is 1. The number of rotatable bonds is 3. The molecular formula is C14H19NO3. The van der Waals surface area contributed by atoms with E-state index >= 15 is 0 Å². The fourth-order valence-corrected chi connectivity index (χ4v) is 2.36. The Morgan fingerprint density at radius 3 is 2.67 bits per heavy atom. The van der Waals surface area contributed by atoms with Crippen LogP contribution in [0.15, 0.2) is 18.2 Å². The van der Waals surface area contributed by atoms with Crippen LogP contribution in [0.3, 0.4) is 0 Å². The minimum atomic E-state index is -0.711. The summed E-state index contributed by atoms with van der Waals surface area (Å²) in [6.45, 7) is 4.57. The lowest BCUT2D eigenvalue weighted by atomic mass is 9.88. The average Bonchev–Trinajstić information content (AvgIpc) is 2.29. The average molecular weight is 249 g/mol. The van der Waals surface area contributed by atoms with Crippen LogP contribution >= 0.6 is 0 Å². The zero-order valence-corrected chi connectivity index (χ0v) is 10.8. The highest BCUT2D eigenvalue weighted by atomic mass is 16.3. The molecule has 0 radical (unpaired) electrons. The van der Waals surface area contributed by atoms with Crippen molar-refractivity contribution >= 4 is 5.91 Å². The Hall–Kier alpha value is -1.55. The molecule has 2 rings (SSSR count). The molecule has 18 heavy (non-hydrogen) atoms. The monoisotopic (exact) mass is 249 g/mol. The van der Waals surface area contributed by atoms with E-state index in [-0.39, 0.29) is 11.7 Å². The van der Waals surface area contributed by atoms with Crippen LogP contribution in [0.2, 0.25) is 0 Å². The van der Waals surface area contributed by atoms with Crippen LogP contribution in [0.5, 0.6) is 5.75 Å². The summed E-state index contributed by atoms with van der Waals surface area (Å²) < 4.78 is 0. The fraction of sp³-hybridized carbons (Fsp3) is 0.500. The second-order valence-electron chi connectivity index (χ2n) is 5.14. The Kier molecular flexibility index (Phi) is 3.30. The SMILES string of the molecule is CCCC1(O)CN(C(=O)c2ccc(C)c(O)c2)C1. The topological polar surface area (TPSA) is 60.8 Å². The van der Waals surface area contributed by atoms with E-state index in [4.69, 9.17) is 0 Å². The molecule has 1 aliphatic rings. The molecule has 1 saturated heterocycles. The second-order valence-corrected chi connectivity index (χ2v) is 5.14. The number of nitrogens with zero attached hydrogens (tertiary/aromatic N) is 1. The summed E-state index contributed by atoms with van der Waals surface area (Å²) in [5.74, 6) is -0.00345. The molecule has 0 unspecified atom stereocenters. The molecule has 0 bridgehead atoms. The molecular weight excluding hydrogens is 230 g/mol. The van der Waals surface area contributed by atoms with E-state index in [1.54, 1.807) is 24.0 Å². The molecule has 1 aromatic carbocycles. The van der Waals surface area contributed by atoms with E-state index in [2.05, 4.69) is 0 Å². The van der Waals surface area contributed by atoms with Gasteiger partial charge in [0.15, 0.2) is 0 Å². The molecule has 0 aromatic heterocycles. The van der Waals surface area contributed by atoms with Gasteiger partial charge in [-0.05, 0) is 31.0 Å². The molecule has 0 aliphatic carbocycles. The van der Waals surface area contributed by atoms with Gasteiger partial charge in [0.25, 0.3) is 5.91 Å². The number of likely N-dealkylation sites (tertiary alicyclic amines) is 1. The highest BCUT2D eigenvalue weighted by Crippen LogP contribution is 2.28. The molecule has 1 aromatic rings. The summed E-state index contributed by atoms with van der Waals surface area (Å²) in [5, 5.41) is 19.6. The minimum absolute atomic E-state index is 0.130. The first kappa shape index (κ1) is 12.9. The molecule has 0 spiro atoms. The number of hydrogen-bond donors (Lipinski definition) is 2. The highest BCUT2D eigenvalue weighted by Gasteiger charge is 2.42. The van der Waals surface area contributed by atoms with Gasteiger partial charge >= 0.3 is 0 Å². The molecule has 1 amide bonds. The van der Waals surface area contributed by atoms with Crippen LogP contribution in [0.1, 0.15) is 35.7 Å².